The second kappa shape index (κ2) is 8.11. The molecule has 0 saturated heterocycles. The number of nitrogens with zero attached hydrogens (tertiary/aromatic N) is 2. The van der Waals surface area contributed by atoms with Gasteiger partial charge in [0.25, 0.3) is 0 Å². The maximum absolute atomic E-state index is 14.1. The number of carbonyl (C=O) groups excluding carboxylic acids is 2. The van der Waals surface area contributed by atoms with E-state index in [4.69, 9.17) is 4.98 Å². The number of para-hydroxylation sites is 2. The molecule has 31 heavy (non-hydrogen) atoms. The number of hydrogen-bond donors (Lipinski definition) is 4. The van der Waals surface area contributed by atoms with Crippen molar-refractivity contribution < 1.29 is 9.59 Å². The maximum atomic E-state index is 14.1. The number of aromatic amines is 1. The van der Waals surface area contributed by atoms with Crippen molar-refractivity contribution in [2.24, 2.45) is 5.92 Å². The number of aromatic nitrogens is 3. The second-order valence-corrected chi connectivity index (χ2v) is 8.43. The average molecular weight is 421 g/mol. The fourth-order valence-electron chi connectivity index (χ4n) is 4.00. The molecule has 1 aliphatic heterocycles. The van der Waals surface area contributed by atoms with Gasteiger partial charge in [-0.2, -0.15) is 0 Å². The average Bonchev–Trinajstić information content (AvgIpc) is 3.38. The van der Waals surface area contributed by atoms with Crippen molar-refractivity contribution in [3.8, 4) is 0 Å². The minimum Gasteiger partial charge on any atom is -0.351 e. The van der Waals surface area contributed by atoms with E-state index in [9.17, 15) is 9.59 Å². The number of carbonyl (C=O) groups is 2. The van der Waals surface area contributed by atoms with E-state index in [0.29, 0.717) is 18.1 Å². The summed E-state index contributed by atoms with van der Waals surface area (Å²) in [6.45, 7) is 5.62. The summed E-state index contributed by atoms with van der Waals surface area (Å²) >= 11 is 0. The molecule has 2 aromatic heterocycles. The molecule has 1 aromatic carbocycles. The standard InChI is InChI=1S/C23H28N6O2/c1-13(2)18(28-21(31)14(3)24-4)19(30)23(12-15-8-7-11-25-20(15)29-23)22-26-16-9-5-6-10-17(16)27-22/h5-11,13-14,18,24H,12H2,1-4H3,(H,25,29)(H,26,27)(H,28,31)/t14-,18+,23-/m1/s1. The first-order valence-corrected chi connectivity index (χ1v) is 10.5. The summed E-state index contributed by atoms with van der Waals surface area (Å²) in [5, 5.41) is 9.22. The predicted octanol–water partition coefficient (Wildman–Crippen LogP) is 2.14. The summed E-state index contributed by atoms with van der Waals surface area (Å²) in [5.74, 6) is 0.714. The van der Waals surface area contributed by atoms with Crippen molar-refractivity contribution in [3.63, 3.8) is 0 Å². The van der Waals surface area contributed by atoms with Crippen LogP contribution in [0.15, 0.2) is 42.6 Å². The predicted molar refractivity (Wildman–Crippen MR) is 120 cm³/mol. The number of Topliss-reactive ketones (excluding diaryl/α,β-unsaturated/α-hetero) is 1. The molecular formula is C23H28N6O2. The Bertz CT molecular complexity index is 1060. The summed E-state index contributed by atoms with van der Waals surface area (Å²) < 4.78 is 0. The number of rotatable bonds is 7. The highest BCUT2D eigenvalue weighted by Crippen LogP contribution is 2.39. The SMILES string of the molecule is CN[C@H](C)C(=O)N[C@H](C(=O)[C@@]1(c2nc3ccccc3[nH]2)Cc2cccnc2N1)C(C)C. The molecule has 0 fully saturated rings. The van der Waals surface area contributed by atoms with Gasteiger partial charge in [-0.25, -0.2) is 9.97 Å². The quantitative estimate of drug-likeness (QED) is 0.466. The van der Waals surface area contributed by atoms with Crippen LogP contribution < -0.4 is 16.0 Å². The molecule has 3 aromatic rings. The molecule has 0 spiro atoms. The molecule has 4 N–H and O–H groups in total. The largest absolute Gasteiger partial charge is 0.351 e. The number of benzene rings is 1. The molecule has 8 nitrogen and oxygen atoms in total. The molecule has 0 aliphatic carbocycles. The number of amides is 1. The van der Waals surface area contributed by atoms with Crippen LogP contribution in [-0.4, -0.2) is 45.8 Å². The lowest BCUT2D eigenvalue weighted by molar-refractivity contribution is -0.132. The number of fused-ring (bicyclic) bond motifs is 2. The Kier molecular flexibility index (Phi) is 5.49. The van der Waals surface area contributed by atoms with Crippen LogP contribution >= 0.6 is 0 Å². The molecular weight excluding hydrogens is 392 g/mol. The van der Waals surface area contributed by atoms with Gasteiger partial charge in [-0.05, 0) is 43.7 Å². The Morgan fingerprint density at radius 1 is 1.13 bits per heavy atom. The van der Waals surface area contributed by atoms with Gasteiger partial charge in [-0.3, -0.25) is 9.59 Å². The zero-order valence-electron chi connectivity index (χ0n) is 18.2. The number of pyridine rings is 1. The van der Waals surface area contributed by atoms with Crippen LogP contribution in [0.1, 0.15) is 32.2 Å². The summed E-state index contributed by atoms with van der Waals surface area (Å²) in [4.78, 5) is 39.2. The lowest BCUT2D eigenvalue weighted by atomic mass is 9.82. The van der Waals surface area contributed by atoms with Gasteiger partial charge in [0.05, 0.1) is 23.1 Å². The molecule has 0 saturated carbocycles. The number of H-pyrrole nitrogens is 1. The summed E-state index contributed by atoms with van der Waals surface area (Å²) in [6, 6.07) is 10.4. The Hall–Kier alpha value is -3.26. The minimum absolute atomic E-state index is 0.111. The molecule has 3 heterocycles. The van der Waals surface area contributed by atoms with Crippen molar-refractivity contribution >= 4 is 28.5 Å². The Labute approximate surface area is 181 Å². The van der Waals surface area contributed by atoms with Crippen molar-refractivity contribution in [2.75, 3.05) is 12.4 Å². The Morgan fingerprint density at radius 2 is 1.90 bits per heavy atom. The zero-order chi connectivity index (χ0) is 22.2. The molecule has 0 unspecified atom stereocenters. The van der Waals surface area contributed by atoms with Crippen LogP contribution in [0.25, 0.3) is 11.0 Å². The summed E-state index contributed by atoms with van der Waals surface area (Å²) in [5.41, 5.74) is 1.42. The third-order valence-electron chi connectivity index (χ3n) is 5.97. The van der Waals surface area contributed by atoms with Crippen molar-refractivity contribution in [1.29, 1.82) is 0 Å². The van der Waals surface area contributed by atoms with E-state index in [2.05, 4.69) is 25.9 Å². The third-order valence-corrected chi connectivity index (χ3v) is 5.97. The lowest BCUT2D eigenvalue weighted by Crippen LogP contribution is -2.58. The van der Waals surface area contributed by atoms with Crippen molar-refractivity contribution in [3.05, 3.63) is 54.0 Å². The highest BCUT2D eigenvalue weighted by Gasteiger charge is 2.51. The van der Waals surface area contributed by atoms with E-state index in [1.807, 2.05) is 50.2 Å². The number of imidazole rings is 1. The monoisotopic (exact) mass is 420 g/mol. The molecule has 8 heteroatoms. The van der Waals surface area contributed by atoms with Gasteiger partial charge in [0.1, 0.15) is 11.6 Å². The number of ketones is 1. The molecule has 0 radical (unpaired) electrons. The van der Waals surface area contributed by atoms with E-state index >= 15 is 0 Å². The van der Waals surface area contributed by atoms with Crippen LogP contribution in [0.4, 0.5) is 5.82 Å². The van der Waals surface area contributed by atoms with Gasteiger partial charge >= 0.3 is 0 Å². The Morgan fingerprint density at radius 3 is 2.58 bits per heavy atom. The van der Waals surface area contributed by atoms with Gasteiger partial charge in [-0.15, -0.1) is 0 Å². The van der Waals surface area contributed by atoms with Crippen LogP contribution in [0.5, 0.6) is 0 Å². The minimum atomic E-state index is -1.15. The summed E-state index contributed by atoms with van der Waals surface area (Å²) in [6.07, 6.45) is 2.09. The van der Waals surface area contributed by atoms with E-state index in [1.165, 1.54) is 0 Å². The first-order chi connectivity index (χ1) is 14.9. The van der Waals surface area contributed by atoms with Crippen LogP contribution in [0, 0.1) is 5.92 Å². The lowest BCUT2D eigenvalue weighted by Gasteiger charge is -2.33. The topological polar surface area (TPSA) is 112 Å². The number of likely N-dealkylation sites (N-methyl/N-ethyl adjacent to an activating group) is 1. The van der Waals surface area contributed by atoms with E-state index < -0.39 is 17.6 Å². The van der Waals surface area contributed by atoms with E-state index in [0.717, 1.165) is 16.6 Å². The van der Waals surface area contributed by atoms with Gasteiger partial charge < -0.3 is 20.9 Å². The van der Waals surface area contributed by atoms with Gasteiger partial charge in [-0.1, -0.05) is 32.0 Å². The second-order valence-electron chi connectivity index (χ2n) is 8.43. The first-order valence-electron chi connectivity index (χ1n) is 10.5. The highest BCUT2D eigenvalue weighted by atomic mass is 16.2. The molecule has 1 amide bonds. The zero-order valence-corrected chi connectivity index (χ0v) is 18.2. The van der Waals surface area contributed by atoms with Crippen LogP contribution in [0.2, 0.25) is 0 Å². The van der Waals surface area contributed by atoms with Gasteiger partial charge in [0.2, 0.25) is 5.91 Å². The van der Waals surface area contributed by atoms with Crippen molar-refractivity contribution in [1.82, 2.24) is 25.6 Å². The molecule has 162 valence electrons. The molecule has 0 bridgehead atoms. The fourth-order valence-corrected chi connectivity index (χ4v) is 4.00. The normalized spacial score (nSPS) is 19.6. The van der Waals surface area contributed by atoms with E-state index in [1.54, 1.807) is 20.2 Å². The fraction of sp³-hybridized carbons (Fsp3) is 0.391. The van der Waals surface area contributed by atoms with Crippen LogP contribution in [0.3, 0.4) is 0 Å². The van der Waals surface area contributed by atoms with Gasteiger partial charge in [0.15, 0.2) is 11.3 Å². The smallest absolute Gasteiger partial charge is 0.237 e. The Balaban J connectivity index is 1.79. The van der Waals surface area contributed by atoms with E-state index in [-0.39, 0.29) is 17.6 Å². The summed E-state index contributed by atoms with van der Waals surface area (Å²) in [7, 11) is 1.72. The van der Waals surface area contributed by atoms with Crippen molar-refractivity contribution in [2.45, 2.75) is 44.8 Å². The number of anilines is 1. The third kappa shape index (κ3) is 3.67. The molecule has 1 aliphatic rings. The van der Waals surface area contributed by atoms with Crippen LogP contribution in [-0.2, 0) is 21.5 Å². The first kappa shape index (κ1) is 21.0. The maximum Gasteiger partial charge on any atom is 0.237 e. The number of hydrogen-bond acceptors (Lipinski definition) is 6. The number of nitrogens with one attached hydrogen (secondary N) is 4. The molecule has 3 atom stereocenters. The van der Waals surface area contributed by atoms with Gasteiger partial charge in [0, 0.05) is 12.6 Å². The highest BCUT2D eigenvalue weighted by molar-refractivity contribution is 6.00. The molecule has 4 rings (SSSR count).